The van der Waals surface area contributed by atoms with Crippen LogP contribution >= 0.6 is 15.9 Å². The smallest absolute Gasteiger partial charge is 0.413 e. The van der Waals surface area contributed by atoms with Crippen molar-refractivity contribution in [1.82, 2.24) is 4.98 Å². The van der Waals surface area contributed by atoms with Crippen LogP contribution in [-0.2, 0) is 11.2 Å². The van der Waals surface area contributed by atoms with Gasteiger partial charge in [-0.2, -0.15) is 0 Å². The molecule has 0 saturated carbocycles. The summed E-state index contributed by atoms with van der Waals surface area (Å²) in [5, 5.41) is 12.4. The fraction of sp³-hybridized carbons (Fsp3) is 0.600. The minimum atomic E-state index is -0.754. The van der Waals surface area contributed by atoms with Gasteiger partial charge in [0.15, 0.2) is 0 Å². The Morgan fingerprint density at radius 1 is 1.33 bits per heavy atom. The molecule has 1 amide bonds. The molecule has 1 aromatic rings. The number of pyridine rings is 1. The molecule has 0 aromatic carbocycles. The number of amides is 1. The maximum Gasteiger partial charge on any atom is 0.413 e. The van der Waals surface area contributed by atoms with Crippen molar-refractivity contribution in [3.05, 3.63) is 22.3 Å². The second-order valence-electron chi connectivity index (χ2n) is 6.56. The Balaban J connectivity index is 2.75. The summed E-state index contributed by atoms with van der Waals surface area (Å²) in [6, 6.07) is 3.51. The summed E-state index contributed by atoms with van der Waals surface area (Å²) in [4.78, 5) is 16.1. The number of aromatic nitrogens is 1. The van der Waals surface area contributed by atoms with Crippen molar-refractivity contribution in [3.8, 4) is 0 Å². The molecule has 2 N–H and O–H groups in total. The van der Waals surface area contributed by atoms with Gasteiger partial charge in [-0.1, -0.05) is 0 Å². The van der Waals surface area contributed by atoms with E-state index in [4.69, 9.17) is 4.74 Å². The minimum Gasteiger partial charge on any atom is -0.444 e. The summed E-state index contributed by atoms with van der Waals surface area (Å²) in [5.74, 6) is 0.429. The largest absolute Gasteiger partial charge is 0.444 e. The molecule has 1 rings (SSSR count). The lowest BCUT2D eigenvalue weighted by molar-refractivity contribution is 0.0633. The number of hydrogen-bond donors (Lipinski definition) is 2. The number of ether oxygens (including phenoxy) is 1. The van der Waals surface area contributed by atoms with Crippen molar-refractivity contribution in [2.45, 2.75) is 58.7 Å². The molecule has 0 spiro atoms. The van der Waals surface area contributed by atoms with Gasteiger partial charge in [0.2, 0.25) is 0 Å². The zero-order chi connectivity index (χ0) is 16.3. The van der Waals surface area contributed by atoms with Crippen LogP contribution in [0.5, 0.6) is 0 Å². The van der Waals surface area contributed by atoms with Gasteiger partial charge in [-0.3, -0.25) is 5.32 Å². The average Bonchev–Trinajstić information content (AvgIpc) is 2.26. The fourth-order valence-corrected chi connectivity index (χ4v) is 1.98. The van der Waals surface area contributed by atoms with Crippen molar-refractivity contribution < 1.29 is 14.6 Å². The number of halogens is 1. The number of nitrogens with zero attached hydrogens (tertiary/aromatic N) is 1. The average molecular weight is 359 g/mol. The topological polar surface area (TPSA) is 71.5 Å². The summed E-state index contributed by atoms with van der Waals surface area (Å²) in [7, 11) is 0. The number of aliphatic hydroxyl groups is 1. The molecule has 5 nitrogen and oxygen atoms in total. The van der Waals surface area contributed by atoms with Crippen molar-refractivity contribution in [3.63, 3.8) is 0 Å². The molecule has 0 radical (unpaired) electrons. The number of carbonyl (C=O) groups excluding carboxylic acids is 1. The highest BCUT2D eigenvalue weighted by Gasteiger charge is 2.18. The Labute approximate surface area is 134 Å². The summed E-state index contributed by atoms with van der Waals surface area (Å²) >= 11 is 3.43. The van der Waals surface area contributed by atoms with E-state index >= 15 is 0 Å². The SMILES string of the molecule is CC(C)(O)CCc1nc(NC(=O)OC(C)(C)C)ccc1Br. The molecule has 118 valence electrons. The monoisotopic (exact) mass is 358 g/mol. The van der Waals surface area contributed by atoms with Crippen LogP contribution in [0.3, 0.4) is 0 Å². The van der Waals surface area contributed by atoms with Crippen LogP contribution in [-0.4, -0.2) is 27.4 Å². The first-order valence-corrected chi connectivity index (χ1v) is 7.63. The number of hydrogen-bond acceptors (Lipinski definition) is 4. The second kappa shape index (κ2) is 6.75. The molecule has 0 fully saturated rings. The summed E-state index contributed by atoms with van der Waals surface area (Å²) < 4.78 is 6.03. The van der Waals surface area contributed by atoms with E-state index in [9.17, 15) is 9.90 Å². The molecule has 0 saturated heterocycles. The molecule has 21 heavy (non-hydrogen) atoms. The first-order valence-electron chi connectivity index (χ1n) is 6.84. The minimum absolute atomic E-state index is 0.429. The van der Waals surface area contributed by atoms with Gasteiger partial charge in [-0.15, -0.1) is 0 Å². The normalized spacial score (nSPS) is 12.1. The van der Waals surface area contributed by atoms with Gasteiger partial charge >= 0.3 is 6.09 Å². The van der Waals surface area contributed by atoms with E-state index in [2.05, 4.69) is 26.2 Å². The highest BCUT2D eigenvalue weighted by molar-refractivity contribution is 9.10. The Morgan fingerprint density at radius 2 is 1.95 bits per heavy atom. The van der Waals surface area contributed by atoms with Crippen LogP contribution < -0.4 is 5.32 Å². The number of aryl methyl sites for hydroxylation is 1. The van der Waals surface area contributed by atoms with Crippen molar-refractivity contribution >= 4 is 27.8 Å². The fourth-order valence-electron chi connectivity index (χ4n) is 1.56. The Bertz CT molecular complexity index is 505. The van der Waals surface area contributed by atoms with Gasteiger partial charge in [0.25, 0.3) is 0 Å². The van der Waals surface area contributed by atoms with Crippen LogP contribution in [0.1, 0.15) is 46.7 Å². The van der Waals surface area contributed by atoms with Gasteiger partial charge < -0.3 is 9.84 Å². The van der Waals surface area contributed by atoms with Gasteiger partial charge in [0.1, 0.15) is 11.4 Å². The lowest BCUT2D eigenvalue weighted by Crippen LogP contribution is -2.27. The van der Waals surface area contributed by atoms with Crippen LogP contribution in [0, 0.1) is 0 Å². The summed E-state index contributed by atoms with van der Waals surface area (Å²) in [5.41, 5.74) is -0.524. The van der Waals surface area contributed by atoms with E-state index in [-0.39, 0.29) is 0 Å². The second-order valence-corrected chi connectivity index (χ2v) is 7.42. The molecule has 1 heterocycles. The van der Waals surface area contributed by atoms with Gasteiger partial charge in [0, 0.05) is 4.47 Å². The van der Waals surface area contributed by atoms with Crippen molar-refractivity contribution in [2.24, 2.45) is 0 Å². The number of anilines is 1. The molecule has 1 aromatic heterocycles. The Kier molecular flexibility index (Phi) is 5.75. The van der Waals surface area contributed by atoms with Gasteiger partial charge in [-0.05, 0) is 75.5 Å². The van der Waals surface area contributed by atoms with Crippen molar-refractivity contribution in [2.75, 3.05) is 5.32 Å². The number of carbonyl (C=O) groups is 1. The van der Waals surface area contributed by atoms with E-state index in [1.54, 1.807) is 40.7 Å². The molecule has 0 aliphatic rings. The lowest BCUT2D eigenvalue weighted by atomic mass is 10.0. The van der Waals surface area contributed by atoms with Crippen LogP contribution in [0.15, 0.2) is 16.6 Å². The molecule has 0 atom stereocenters. The zero-order valence-corrected chi connectivity index (χ0v) is 14.7. The van der Waals surface area contributed by atoms with Crippen molar-refractivity contribution in [1.29, 1.82) is 0 Å². The van der Waals surface area contributed by atoms with E-state index in [0.717, 1.165) is 10.2 Å². The third-order valence-electron chi connectivity index (χ3n) is 2.52. The third-order valence-corrected chi connectivity index (χ3v) is 3.24. The van der Waals surface area contributed by atoms with E-state index in [1.165, 1.54) is 0 Å². The van der Waals surface area contributed by atoms with Gasteiger partial charge in [0.05, 0.1) is 11.3 Å². The maximum atomic E-state index is 11.7. The van der Waals surface area contributed by atoms with Crippen LogP contribution in [0.25, 0.3) is 0 Å². The maximum absolute atomic E-state index is 11.7. The first-order chi connectivity index (χ1) is 9.46. The van der Waals surface area contributed by atoms with Gasteiger partial charge in [-0.25, -0.2) is 9.78 Å². The summed E-state index contributed by atoms with van der Waals surface area (Å²) in [6.07, 6.45) is 0.647. The lowest BCUT2D eigenvalue weighted by Gasteiger charge is -2.20. The zero-order valence-electron chi connectivity index (χ0n) is 13.2. The molecule has 0 aliphatic heterocycles. The summed E-state index contributed by atoms with van der Waals surface area (Å²) in [6.45, 7) is 8.91. The van der Waals surface area contributed by atoms with E-state index in [1.807, 2.05) is 6.07 Å². The molecule has 6 heteroatoms. The standard InChI is InChI=1S/C15H23BrN2O3/c1-14(2,3)21-13(19)18-12-7-6-10(16)11(17-12)8-9-15(4,5)20/h6-7,20H,8-9H2,1-5H3,(H,17,18,19). The molecular formula is C15H23BrN2O3. The predicted octanol–water partition coefficient (Wildman–Crippen LogP) is 3.89. The quantitative estimate of drug-likeness (QED) is 0.856. The predicted molar refractivity (Wildman–Crippen MR) is 86.4 cm³/mol. The molecule has 0 bridgehead atoms. The Hall–Kier alpha value is -1.14. The third kappa shape index (κ3) is 7.43. The molecule has 0 unspecified atom stereocenters. The van der Waals surface area contributed by atoms with Crippen LogP contribution in [0.4, 0.5) is 10.6 Å². The molecule has 0 aliphatic carbocycles. The molecular weight excluding hydrogens is 336 g/mol. The van der Waals surface area contributed by atoms with E-state index in [0.29, 0.717) is 18.7 Å². The Morgan fingerprint density at radius 3 is 2.48 bits per heavy atom. The van der Waals surface area contributed by atoms with E-state index < -0.39 is 17.3 Å². The first kappa shape index (κ1) is 17.9. The highest BCUT2D eigenvalue weighted by atomic mass is 79.9. The highest BCUT2D eigenvalue weighted by Crippen LogP contribution is 2.21. The van der Waals surface area contributed by atoms with Crippen LogP contribution in [0.2, 0.25) is 0 Å². The number of nitrogens with one attached hydrogen (secondary N) is 1. The number of rotatable bonds is 4.